The Labute approximate surface area is 126 Å². The summed E-state index contributed by atoms with van der Waals surface area (Å²) in [6.07, 6.45) is 0.440. The fourth-order valence-corrected chi connectivity index (χ4v) is 3.49. The van der Waals surface area contributed by atoms with Gasteiger partial charge in [0.2, 0.25) is 5.91 Å². The number of halogens is 1. The molecule has 104 valence electrons. The molecule has 1 aromatic carbocycles. The van der Waals surface area contributed by atoms with Crippen molar-refractivity contribution in [2.24, 2.45) is 0 Å². The van der Waals surface area contributed by atoms with Gasteiger partial charge in [-0.05, 0) is 42.0 Å². The highest BCUT2D eigenvalue weighted by molar-refractivity contribution is 7.10. The predicted octanol–water partition coefficient (Wildman–Crippen LogP) is 3.68. The average molecular weight is 308 g/mol. The van der Waals surface area contributed by atoms with Gasteiger partial charge in [-0.1, -0.05) is 17.7 Å². The van der Waals surface area contributed by atoms with Crippen molar-refractivity contribution in [2.75, 3.05) is 5.32 Å². The van der Waals surface area contributed by atoms with Crippen molar-refractivity contribution in [2.45, 2.75) is 25.9 Å². The van der Waals surface area contributed by atoms with Crippen molar-refractivity contribution in [3.63, 3.8) is 0 Å². The highest BCUT2D eigenvalue weighted by Gasteiger charge is 2.24. The van der Waals surface area contributed by atoms with Crippen LogP contribution in [-0.4, -0.2) is 11.0 Å². The summed E-state index contributed by atoms with van der Waals surface area (Å²) in [5.41, 5.74) is 3.37. The number of amides is 1. The average Bonchev–Trinajstić information content (AvgIpc) is 2.97. The van der Waals surface area contributed by atoms with Crippen LogP contribution in [0.5, 0.6) is 0 Å². The molecule has 1 aliphatic heterocycles. The van der Waals surface area contributed by atoms with E-state index in [0.717, 1.165) is 21.7 Å². The number of anilines is 1. The zero-order valence-electron chi connectivity index (χ0n) is 10.9. The molecule has 0 saturated carbocycles. The molecule has 1 atom stereocenters. The van der Waals surface area contributed by atoms with Crippen molar-refractivity contribution in [1.82, 2.24) is 0 Å². The summed E-state index contributed by atoms with van der Waals surface area (Å²) < 4.78 is 0. The van der Waals surface area contributed by atoms with E-state index in [1.807, 2.05) is 30.5 Å². The van der Waals surface area contributed by atoms with Crippen LogP contribution in [0.25, 0.3) is 0 Å². The molecule has 1 amide bonds. The van der Waals surface area contributed by atoms with Crippen molar-refractivity contribution < 1.29 is 9.90 Å². The number of fused-ring (bicyclic) bond motifs is 1. The Hall–Kier alpha value is -1.36. The first-order chi connectivity index (χ1) is 9.58. The summed E-state index contributed by atoms with van der Waals surface area (Å²) in [5, 5.41) is 15.8. The number of hydrogen-bond donors (Lipinski definition) is 2. The summed E-state index contributed by atoms with van der Waals surface area (Å²) >= 11 is 7.88. The van der Waals surface area contributed by atoms with Crippen molar-refractivity contribution in [3.8, 4) is 0 Å². The topological polar surface area (TPSA) is 49.3 Å². The molecule has 0 aliphatic carbocycles. The van der Waals surface area contributed by atoms with Crippen LogP contribution >= 0.6 is 22.9 Å². The van der Waals surface area contributed by atoms with Gasteiger partial charge in [-0.2, -0.15) is 0 Å². The number of benzene rings is 1. The monoisotopic (exact) mass is 307 g/mol. The molecule has 2 heterocycles. The van der Waals surface area contributed by atoms with E-state index < -0.39 is 6.10 Å². The number of carbonyl (C=O) groups excluding carboxylic acids is 1. The van der Waals surface area contributed by atoms with Gasteiger partial charge in [-0.15, -0.1) is 11.3 Å². The first-order valence-electron chi connectivity index (χ1n) is 6.41. The fraction of sp³-hybridized carbons (Fsp3) is 0.267. The number of aryl methyl sites for hydroxylation is 1. The van der Waals surface area contributed by atoms with Gasteiger partial charge < -0.3 is 10.4 Å². The fourth-order valence-electron chi connectivity index (χ4n) is 2.51. The van der Waals surface area contributed by atoms with Gasteiger partial charge in [0, 0.05) is 22.5 Å². The zero-order chi connectivity index (χ0) is 14.3. The van der Waals surface area contributed by atoms with Crippen LogP contribution in [0.1, 0.15) is 34.1 Å². The number of aliphatic hydroxyl groups excluding tert-OH is 1. The van der Waals surface area contributed by atoms with E-state index in [1.54, 1.807) is 0 Å². The smallest absolute Gasteiger partial charge is 0.224 e. The maximum Gasteiger partial charge on any atom is 0.224 e. The maximum atomic E-state index is 11.5. The molecule has 1 unspecified atom stereocenters. The predicted molar refractivity (Wildman–Crippen MR) is 81.5 cm³/mol. The van der Waals surface area contributed by atoms with Crippen LogP contribution in [0.2, 0.25) is 5.02 Å². The Kier molecular flexibility index (Phi) is 3.54. The molecule has 0 saturated heterocycles. The van der Waals surface area contributed by atoms with Gasteiger partial charge >= 0.3 is 0 Å². The Morgan fingerprint density at radius 3 is 2.95 bits per heavy atom. The van der Waals surface area contributed by atoms with E-state index in [4.69, 9.17) is 11.6 Å². The highest BCUT2D eigenvalue weighted by Crippen LogP contribution is 2.39. The van der Waals surface area contributed by atoms with Crippen LogP contribution in [0, 0.1) is 6.92 Å². The molecule has 3 nitrogen and oxygen atoms in total. The molecule has 3 rings (SSSR count). The van der Waals surface area contributed by atoms with Crippen molar-refractivity contribution >= 4 is 34.5 Å². The highest BCUT2D eigenvalue weighted by atomic mass is 35.5. The molecule has 2 aromatic rings. The summed E-state index contributed by atoms with van der Waals surface area (Å²) in [6.45, 7) is 1.87. The molecule has 0 radical (unpaired) electrons. The van der Waals surface area contributed by atoms with E-state index in [0.29, 0.717) is 23.4 Å². The lowest BCUT2D eigenvalue weighted by Crippen LogP contribution is -2.20. The van der Waals surface area contributed by atoms with Gasteiger partial charge in [0.1, 0.15) is 6.10 Å². The normalized spacial score (nSPS) is 15.7. The van der Waals surface area contributed by atoms with E-state index in [1.165, 1.54) is 11.3 Å². The largest absolute Gasteiger partial charge is 0.383 e. The SMILES string of the molecule is Cc1c(Cl)c(C(O)c2cccs2)cc2c1NC(=O)CC2. The number of nitrogens with one attached hydrogen (secondary N) is 1. The van der Waals surface area contributed by atoms with Crippen molar-refractivity contribution in [3.05, 3.63) is 50.2 Å². The van der Waals surface area contributed by atoms with Crippen LogP contribution in [-0.2, 0) is 11.2 Å². The van der Waals surface area contributed by atoms with Crippen LogP contribution in [0.3, 0.4) is 0 Å². The van der Waals surface area contributed by atoms with Gasteiger partial charge in [0.15, 0.2) is 0 Å². The molecular weight excluding hydrogens is 294 g/mol. The van der Waals surface area contributed by atoms with Crippen molar-refractivity contribution in [1.29, 1.82) is 0 Å². The molecule has 1 aromatic heterocycles. The van der Waals surface area contributed by atoms with Crippen LogP contribution in [0.4, 0.5) is 5.69 Å². The standard InChI is InChI=1S/C15H14ClNO2S/c1-8-13(16)10(15(19)11-3-2-6-20-11)7-9-4-5-12(18)17-14(8)9/h2-3,6-7,15,19H,4-5H2,1H3,(H,17,18). The Balaban J connectivity index is 2.09. The molecule has 1 aliphatic rings. The summed E-state index contributed by atoms with van der Waals surface area (Å²) in [6, 6.07) is 5.71. The number of carbonyl (C=O) groups is 1. The number of rotatable bonds is 2. The molecular formula is C15H14ClNO2S. The maximum absolute atomic E-state index is 11.5. The molecule has 5 heteroatoms. The third-order valence-electron chi connectivity index (χ3n) is 3.60. The third-order valence-corrected chi connectivity index (χ3v) is 5.03. The van der Waals surface area contributed by atoms with E-state index >= 15 is 0 Å². The van der Waals surface area contributed by atoms with Gasteiger partial charge in [0.05, 0.1) is 5.02 Å². The molecule has 20 heavy (non-hydrogen) atoms. The van der Waals surface area contributed by atoms with Crippen LogP contribution < -0.4 is 5.32 Å². The first kappa shape index (κ1) is 13.6. The first-order valence-corrected chi connectivity index (χ1v) is 7.67. The Bertz CT molecular complexity index is 667. The number of aliphatic hydroxyl groups is 1. The lowest BCUT2D eigenvalue weighted by Gasteiger charge is -2.23. The second-order valence-electron chi connectivity index (χ2n) is 4.91. The number of hydrogen-bond acceptors (Lipinski definition) is 3. The molecule has 2 N–H and O–H groups in total. The Morgan fingerprint density at radius 1 is 1.45 bits per heavy atom. The summed E-state index contributed by atoms with van der Waals surface area (Å²) in [4.78, 5) is 12.4. The van der Waals surface area contributed by atoms with E-state index in [2.05, 4.69) is 5.32 Å². The lowest BCUT2D eigenvalue weighted by molar-refractivity contribution is -0.116. The summed E-state index contributed by atoms with van der Waals surface area (Å²) in [7, 11) is 0. The van der Waals surface area contributed by atoms with E-state index in [9.17, 15) is 9.90 Å². The second-order valence-corrected chi connectivity index (χ2v) is 6.26. The second kappa shape index (κ2) is 5.20. The Morgan fingerprint density at radius 2 is 2.25 bits per heavy atom. The lowest BCUT2D eigenvalue weighted by atomic mass is 9.94. The summed E-state index contributed by atoms with van der Waals surface area (Å²) in [5.74, 6) is 0.0169. The third kappa shape index (κ3) is 2.24. The molecule has 0 bridgehead atoms. The minimum Gasteiger partial charge on any atom is -0.383 e. The van der Waals surface area contributed by atoms with Gasteiger partial charge in [0.25, 0.3) is 0 Å². The van der Waals surface area contributed by atoms with Gasteiger partial charge in [-0.25, -0.2) is 0 Å². The molecule has 0 fully saturated rings. The van der Waals surface area contributed by atoms with Gasteiger partial charge in [-0.3, -0.25) is 4.79 Å². The zero-order valence-corrected chi connectivity index (χ0v) is 12.5. The minimum atomic E-state index is -0.718. The quantitative estimate of drug-likeness (QED) is 0.889. The van der Waals surface area contributed by atoms with Crippen LogP contribution in [0.15, 0.2) is 23.6 Å². The minimum absolute atomic E-state index is 0.0169. The number of thiophene rings is 1. The molecule has 0 spiro atoms. The van der Waals surface area contributed by atoms with E-state index in [-0.39, 0.29) is 5.91 Å².